The van der Waals surface area contributed by atoms with Crippen LogP contribution in [0.1, 0.15) is 25.3 Å². The van der Waals surface area contributed by atoms with Gasteiger partial charge in [0.2, 0.25) is 0 Å². The highest BCUT2D eigenvalue weighted by Crippen LogP contribution is 2.23. The van der Waals surface area contributed by atoms with Crippen LogP contribution in [-0.2, 0) is 6.54 Å². The molecule has 1 atom stereocenters. The quantitative estimate of drug-likeness (QED) is 0.732. The number of anilines is 2. The number of nitrogens with zero attached hydrogens (tertiary/aromatic N) is 1. The van der Waals surface area contributed by atoms with E-state index >= 15 is 0 Å². The maximum absolute atomic E-state index is 5.89. The van der Waals surface area contributed by atoms with E-state index in [0.29, 0.717) is 16.7 Å². The van der Waals surface area contributed by atoms with Crippen LogP contribution in [0.4, 0.5) is 11.4 Å². The highest BCUT2D eigenvalue weighted by Gasteiger charge is 2.16. The molecule has 3 rings (SSSR count). The summed E-state index contributed by atoms with van der Waals surface area (Å²) in [6, 6.07) is 16.3. The predicted octanol–water partition coefficient (Wildman–Crippen LogP) is 5.06. The molecule has 0 bridgehead atoms. The van der Waals surface area contributed by atoms with Crippen molar-refractivity contribution in [3.8, 4) is 0 Å². The van der Waals surface area contributed by atoms with Gasteiger partial charge in [-0.2, -0.15) is 0 Å². The zero-order valence-electron chi connectivity index (χ0n) is 14.5. The number of nitrogens with one attached hydrogen (secondary N) is 2. The first-order chi connectivity index (χ1) is 12.1. The van der Waals surface area contributed by atoms with Gasteiger partial charge in [0, 0.05) is 36.0 Å². The van der Waals surface area contributed by atoms with E-state index in [0.717, 1.165) is 24.7 Å². The molecule has 0 aliphatic carbocycles. The van der Waals surface area contributed by atoms with Crippen LogP contribution in [0.2, 0.25) is 5.02 Å². The Morgan fingerprint density at radius 2 is 1.88 bits per heavy atom. The minimum Gasteiger partial charge on any atom is -0.371 e. The highest BCUT2D eigenvalue weighted by atomic mass is 35.5. The van der Waals surface area contributed by atoms with Crippen molar-refractivity contribution in [3.63, 3.8) is 0 Å². The van der Waals surface area contributed by atoms with Crippen molar-refractivity contribution in [1.29, 1.82) is 0 Å². The number of benzene rings is 2. The van der Waals surface area contributed by atoms with E-state index in [4.69, 9.17) is 23.8 Å². The molecule has 0 amide bonds. The van der Waals surface area contributed by atoms with Crippen molar-refractivity contribution in [2.24, 2.45) is 5.92 Å². The molecule has 1 saturated heterocycles. The van der Waals surface area contributed by atoms with E-state index in [-0.39, 0.29) is 0 Å². The summed E-state index contributed by atoms with van der Waals surface area (Å²) >= 11 is 11.2. The van der Waals surface area contributed by atoms with Crippen LogP contribution >= 0.6 is 23.8 Å². The summed E-state index contributed by atoms with van der Waals surface area (Å²) in [6.45, 7) is 5.36. The lowest BCUT2D eigenvalue weighted by atomic mass is 9.99. The Bertz CT molecular complexity index is 700. The third kappa shape index (κ3) is 5.35. The molecule has 1 unspecified atom stereocenters. The standard InChI is InChI=1S/C20H24ClN3S/c1-15-3-2-12-24(14-15)19-10-4-16(5-11-19)13-22-20(25)23-18-8-6-17(21)7-9-18/h4-11,15H,2-3,12-14H2,1H3,(H2,22,23,25). The van der Waals surface area contributed by atoms with Crippen LogP contribution < -0.4 is 15.5 Å². The van der Waals surface area contributed by atoms with Gasteiger partial charge in [-0.15, -0.1) is 0 Å². The maximum atomic E-state index is 5.89. The van der Waals surface area contributed by atoms with Crippen molar-refractivity contribution >= 4 is 40.3 Å². The van der Waals surface area contributed by atoms with E-state index in [1.54, 1.807) is 0 Å². The van der Waals surface area contributed by atoms with Gasteiger partial charge in [0.15, 0.2) is 5.11 Å². The molecule has 2 aromatic rings. The van der Waals surface area contributed by atoms with E-state index in [1.807, 2.05) is 24.3 Å². The molecule has 3 nitrogen and oxygen atoms in total. The second-order valence-electron chi connectivity index (χ2n) is 6.67. The van der Waals surface area contributed by atoms with Gasteiger partial charge in [0.1, 0.15) is 0 Å². The van der Waals surface area contributed by atoms with Crippen molar-refractivity contribution < 1.29 is 0 Å². The Morgan fingerprint density at radius 3 is 2.56 bits per heavy atom. The number of thiocarbonyl (C=S) groups is 1. The summed E-state index contributed by atoms with van der Waals surface area (Å²) < 4.78 is 0. The largest absolute Gasteiger partial charge is 0.371 e. The van der Waals surface area contributed by atoms with Gasteiger partial charge in [-0.05, 0) is 72.9 Å². The molecule has 2 N–H and O–H groups in total. The summed E-state index contributed by atoms with van der Waals surface area (Å²) in [6.07, 6.45) is 2.63. The fourth-order valence-corrected chi connectivity index (χ4v) is 3.46. The summed E-state index contributed by atoms with van der Waals surface area (Å²) in [5.41, 5.74) is 3.46. The Balaban J connectivity index is 1.49. The molecule has 132 valence electrons. The fourth-order valence-electron chi connectivity index (χ4n) is 3.14. The second kappa shape index (κ2) is 8.54. The molecule has 0 saturated carbocycles. The highest BCUT2D eigenvalue weighted by molar-refractivity contribution is 7.80. The monoisotopic (exact) mass is 373 g/mol. The predicted molar refractivity (Wildman–Crippen MR) is 112 cm³/mol. The Labute approximate surface area is 160 Å². The first-order valence-corrected chi connectivity index (χ1v) is 9.53. The Hall–Kier alpha value is -1.78. The normalized spacial score (nSPS) is 17.2. The summed E-state index contributed by atoms with van der Waals surface area (Å²) in [7, 11) is 0. The zero-order valence-corrected chi connectivity index (χ0v) is 16.0. The molecule has 0 spiro atoms. The number of hydrogen-bond acceptors (Lipinski definition) is 2. The fraction of sp³-hybridized carbons (Fsp3) is 0.350. The SMILES string of the molecule is CC1CCCN(c2ccc(CNC(=S)Nc3ccc(Cl)cc3)cc2)C1. The van der Waals surface area contributed by atoms with E-state index in [2.05, 4.69) is 46.7 Å². The lowest BCUT2D eigenvalue weighted by Gasteiger charge is -2.32. The summed E-state index contributed by atoms with van der Waals surface area (Å²) in [4.78, 5) is 2.48. The molecule has 25 heavy (non-hydrogen) atoms. The molecule has 5 heteroatoms. The average Bonchev–Trinajstić information content (AvgIpc) is 2.62. The molecule has 1 aliphatic heterocycles. The third-order valence-corrected chi connectivity index (χ3v) is 5.01. The van der Waals surface area contributed by atoms with Crippen LogP contribution in [-0.4, -0.2) is 18.2 Å². The van der Waals surface area contributed by atoms with Crippen LogP contribution in [0.25, 0.3) is 0 Å². The summed E-state index contributed by atoms with van der Waals surface area (Å²) in [5, 5.41) is 7.73. The third-order valence-electron chi connectivity index (χ3n) is 4.51. The lowest BCUT2D eigenvalue weighted by Crippen LogP contribution is -2.34. The van der Waals surface area contributed by atoms with Crippen LogP contribution in [0.5, 0.6) is 0 Å². The number of piperidine rings is 1. The molecule has 2 aromatic carbocycles. The minimum atomic E-state index is 0.608. The van der Waals surface area contributed by atoms with E-state index < -0.39 is 0 Å². The first-order valence-electron chi connectivity index (χ1n) is 8.74. The summed E-state index contributed by atoms with van der Waals surface area (Å²) in [5.74, 6) is 0.784. The van der Waals surface area contributed by atoms with Crippen molar-refractivity contribution in [3.05, 3.63) is 59.1 Å². The number of halogens is 1. The maximum Gasteiger partial charge on any atom is 0.171 e. The van der Waals surface area contributed by atoms with Gasteiger partial charge in [-0.3, -0.25) is 0 Å². The first kappa shape index (κ1) is 18.0. The molecule has 0 radical (unpaired) electrons. The minimum absolute atomic E-state index is 0.608. The Morgan fingerprint density at radius 1 is 1.16 bits per heavy atom. The van der Waals surface area contributed by atoms with Crippen LogP contribution in [0.3, 0.4) is 0 Å². The van der Waals surface area contributed by atoms with Gasteiger partial charge in [-0.1, -0.05) is 30.7 Å². The molecule has 1 aliphatic rings. The van der Waals surface area contributed by atoms with Gasteiger partial charge >= 0.3 is 0 Å². The topological polar surface area (TPSA) is 27.3 Å². The van der Waals surface area contributed by atoms with Gasteiger partial charge in [-0.25, -0.2) is 0 Å². The number of hydrogen-bond donors (Lipinski definition) is 2. The van der Waals surface area contributed by atoms with Crippen LogP contribution in [0, 0.1) is 5.92 Å². The second-order valence-corrected chi connectivity index (χ2v) is 7.52. The lowest BCUT2D eigenvalue weighted by molar-refractivity contribution is 0.447. The molecule has 1 heterocycles. The Kier molecular flexibility index (Phi) is 6.16. The number of rotatable bonds is 4. The smallest absolute Gasteiger partial charge is 0.171 e. The van der Waals surface area contributed by atoms with Gasteiger partial charge < -0.3 is 15.5 Å². The van der Waals surface area contributed by atoms with E-state index in [9.17, 15) is 0 Å². The molecular formula is C20H24ClN3S. The van der Waals surface area contributed by atoms with Crippen LogP contribution in [0.15, 0.2) is 48.5 Å². The van der Waals surface area contributed by atoms with Crippen molar-refractivity contribution in [2.75, 3.05) is 23.3 Å². The van der Waals surface area contributed by atoms with Gasteiger partial charge in [0.25, 0.3) is 0 Å². The molecule has 1 fully saturated rings. The van der Waals surface area contributed by atoms with E-state index in [1.165, 1.54) is 24.1 Å². The van der Waals surface area contributed by atoms with Crippen molar-refractivity contribution in [2.45, 2.75) is 26.3 Å². The van der Waals surface area contributed by atoms with Gasteiger partial charge in [0.05, 0.1) is 0 Å². The molecule has 0 aromatic heterocycles. The van der Waals surface area contributed by atoms with Crippen molar-refractivity contribution in [1.82, 2.24) is 5.32 Å². The zero-order chi connectivity index (χ0) is 17.6. The molecular weight excluding hydrogens is 350 g/mol. The average molecular weight is 374 g/mol.